The van der Waals surface area contributed by atoms with Gasteiger partial charge in [0.2, 0.25) is 0 Å². The summed E-state index contributed by atoms with van der Waals surface area (Å²) < 4.78 is 16.5. The second-order valence-corrected chi connectivity index (χ2v) is 8.32. The zero-order chi connectivity index (χ0) is 23.8. The molecule has 6 heteroatoms. The summed E-state index contributed by atoms with van der Waals surface area (Å²) in [5.74, 6) is 2.25. The van der Waals surface area contributed by atoms with Crippen molar-refractivity contribution in [2.24, 2.45) is 0 Å². The molecule has 34 heavy (non-hydrogen) atoms. The molecule has 178 valence electrons. The molecule has 0 aliphatic carbocycles. The number of fused-ring (bicyclic) bond motifs is 1. The zero-order valence-corrected chi connectivity index (χ0v) is 19.8. The Labute approximate surface area is 201 Å². The van der Waals surface area contributed by atoms with E-state index in [0.717, 1.165) is 36.4 Å². The van der Waals surface area contributed by atoms with Crippen LogP contribution in [0.5, 0.6) is 17.2 Å². The summed E-state index contributed by atoms with van der Waals surface area (Å²) in [7, 11) is 3.26. The topological polar surface area (TPSA) is 68.8 Å². The van der Waals surface area contributed by atoms with Gasteiger partial charge in [0.25, 0.3) is 0 Å². The van der Waals surface area contributed by atoms with E-state index in [4.69, 9.17) is 14.2 Å². The van der Waals surface area contributed by atoms with Crippen LogP contribution in [0.4, 0.5) is 5.69 Å². The first-order valence-electron chi connectivity index (χ1n) is 11.7. The third-order valence-corrected chi connectivity index (χ3v) is 6.15. The number of benzene rings is 3. The van der Waals surface area contributed by atoms with E-state index < -0.39 is 0 Å². The molecule has 2 unspecified atom stereocenters. The molecule has 0 spiro atoms. The Bertz CT molecular complexity index is 1080. The Kier molecular flexibility index (Phi) is 8.04. The molecule has 0 saturated carbocycles. The minimum atomic E-state index is -0.354. The normalized spacial score (nSPS) is 15.5. The van der Waals surface area contributed by atoms with Crippen LogP contribution >= 0.6 is 0 Å². The number of carbonyl (C=O) groups excluding carboxylic acids is 1. The van der Waals surface area contributed by atoms with Crippen molar-refractivity contribution in [3.63, 3.8) is 0 Å². The fraction of sp³-hybridized carbons (Fsp3) is 0.321. The number of hydrogen-bond acceptors (Lipinski definition) is 6. The molecule has 4 rings (SSSR count). The van der Waals surface area contributed by atoms with Crippen LogP contribution in [0.1, 0.15) is 28.8 Å². The number of ketones is 1. The quantitative estimate of drug-likeness (QED) is 0.318. The van der Waals surface area contributed by atoms with Crippen molar-refractivity contribution in [1.82, 2.24) is 5.32 Å². The predicted molar refractivity (Wildman–Crippen MR) is 134 cm³/mol. The maximum atomic E-state index is 13.5. The monoisotopic (exact) mass is 460 g/mol. The van der Waals surface area contributed by atoms with Gasteiger partial charge in [-0.15, -0.1) is 0 Å². The molecule has 3 aromatic carbocycles. The summed E-state index contributed by atoms with van der Waals surface area (Å²) >= 11 is 0. The number of Topliss-reactive ketones (excluding diaryl/α,β-unsaturated/α-hetero) is 1. The molecule has 0 amide bonds. The van der Waals surface area contributed by atoms with Crippen LogP contribution in [-0.2, 0) is 6.42 Å². The molecule has 1 aliphatic heterocycles. The summed E-state index contributed by atoms with van der Waals surface area (Å²) in [6.45, 7) is 1.18. The van der Waals surface area contributed by atoms with Crippen LogP contribution < -0.4 is 24.8 Å². The molecule has 1 aliphatic rings. The highest BCUT2D eigenvalue weighted by Crippen LogP contribution is 2.27. The Balaban J connectivity index is 1.41. The molecular formula is C28H32N2O4. The summed E-state index contributed by atoms with van der Waals surface area (Å²) in [5.41, 5.74) is 3.07. The summed E-state index contributed by atoms with van der Waals surface area (Å²) in [6.07, 6.45) is 2.58. The summed E-state index contributed by atoms with van der Waals surface area (Å²) in [4.78, 5) is 13.5. The van der Waals surface area contributed by atoms with E-state index in [1.54, 1.807) is 14.2 Å². The number of rotatable bonds is 11. The molecule has 0 aromatic heterocycles. The second-order valence-electron chi connectivity index (χ2n) is 8.32. The average molecular weight is 461 g/mol. The highest BCUT2D eigenvalue weighted by molar-refractivity contribution is 6.01. The molecule has 6 nitrogen and oxygen atoms in total. The van der Waals surface area contributed by atoms with Crippen molar-refractivity contribution >= 4 is 11.5 Å². The molecular weight excluding hydrogens is 428 g/mol. The standard InChI is InChI=1S/C28H32N2O4/c1-32-22-15-12-21(13-16-22)28(31)27(24-17-14-20-8-3-4-9-23(20)30-24)29-18-7-19-34-26-11-6-5-10-25(26)33-2/h3-6,8-13,15-16,24,27,29-30H,7,14,17-19H2,1-2H3. The first-order valence-corrected chi connectivity index (χ1v) is 11.7. The highest BCUT2D eigenvalue weighted by atomic mass is 16.5. The molecule has 0 saturated heterocycles. The van der Waals surface area contributed by atoms with E-state index in [-0.39, 0.29) is 17.9 Å². The number of aryl methyl sites for hydroxylation is 1. The van der Waals surface area contributed by atoms with Gasteiger partial charge in [0, 0.05) is 17.3 Å². The predicted octanol–water partition coefficient (Wildman–Crippen LogP) is 4.74. The van der Waals surface area contributed by atoms with E-state index in [1.165, 1.54) is 5.56 Å². The smallest absolute Gasteiger partial charge is 0.181 e. The number of carbonyl (C=O) groups is 1. The average Bonchev–Trinajstić information content (AvgIpc) is 2.90. The largest absolute Gasteiger partial charge is 0.497 e. The van der Waals surface area contributed by atoms with Crippen molar-refractivity contribution in [2.75, 3.05) is 32.7 Å². The lowest BCUT2D eigenvalue weighted by Crippen LogP contribution is -2.51. The van der Waals surface area contributed by atoms with E-state index in [9.17, 15) is 4.79 Å². The number of para-hydroxylation sites is 3. The van der Waals surface area contributed by atoms with Gasteiger partial charge in [-0.2, -0.15) is 0 Å². The number of nitrogens with one attached hydrogen (secondary N) is 2. The summed E-state index contributed by atoms with van der Waals surface area (Å²) in [6, 6.07) is 22.9. The maximum Gasteiger partial charge on any atom is 0.181 e. The van der Waals surface area contributed by atoms with Crippen LogP contribution in [0.25, 0.3) is 0 Å². The highest BCUT2D eigenvalue weighted by Gasteiger charge is 2.31. The first kappa shape index (κ1) is 23.6. The lowest BCUT2D eigenvalue weighted by atomic mass is 9.89. The van der Waals surface area contributed by atoms with Gasteiger partial charge in [-0.05, 0) is 73.8 Å². The van der Waals surface area contributed by atoms with Gasteiger partial charge in [-0.1, -0.05) is 30.3 Å². The SMILES string of the molecule is COc1ccc(C(=O)C(NCCCOc2ccccc2OC)C2CCc3ccccc3N2)cc1. The van der Waals surface area contributed by atoms with Crippen LogP contribution in [0.15, 0.2) is 72.8 Å². The van der Waals surface area contributed by atoms with Crippen molar-refractivity contribution in [2.45, 2.75) is 31.3 Å². The third-order valence-electron chi connectivity index (χ3n) is 6.15. The van der Waals surface area contributed by atoms with Gasteiger partial charge in [-0.25, -0.2) is 0 Å². The van der Waals surface area contributed by atoms with E-state index in [2.05, 4.69) is 28.8 Å². The van der Waals surface area contributed by atoms with E-state index >= 15 is 0 Å². The minimum Gasteiger partial charge on any atom is -0.497 e. The van der Waals surface area contributed by atoms with Gasteiger partial charge in [0.1, 0.15) is 5.75 Å². The first-order chi connectivity index (χ1) is 16.7. The third kappa shape index (κ3) is 5.69. The lowest BCUT2D eigenvalue weighted by Gasteiger charge is -2.33. The van der Waals surface area contributed by atoms with Crippen molar-refractivity contribution in [3.05, 3.63) is 83.9 Å². The van der Waals surface area contributed by atoms with Crippen LogP contribution in [0.3, 0.4) is 0 Å². The van der Waals surface area contributed by atoms with Crippen molar-refractivity contribution in [3.8, 4) is 17.2 Å². The Morgan fingerprint density at radius 1 is 0.971 bits per heavy atom. The summed E-state index contributed by atoms with van der Waals surface area (Å²) in [5, 5.41) is 7.10. The Morgan fingerprint density at radius 2 is 1.71 bits per heavy atom. The lowest BCUT2D eigenvalue weighted by molar-refractivity contribution is 0.0928. The number of ether oxygens (including phenoxy) is 3. The maximum absolute atomic E-state index is 13.5. The van der Waals surface area contributed by atoms with Crippen LogP contribution in [-0.4, -0.2) is 45.2 Å². The van der Waals surface area contributed by atoms with Crippen molar-refractivity contribution in [1.29, 1.82) is 0 Å². The van der Waals surface area contributed by atoms with Gasteiger partial charge >= 0.3 is 0 Å². The zero-order valence-electron chi connectivity index (χ0n) is 19.8. The Hall–Kier alpha value is -3.51. The van der Waals surface area contributed by atoms with Crippen molar-refractivity contribution < 1.29 is 19.0 Å². The van der Waals surface area contributed by atoms with Gasteiger partial charge < -0.3 is 24.8 Å². The van der Waals surface area contributed by atoms with Gasteiger partial charge in [0.15, 0.2) is 17.3 Å². The van der Waals surface area contributed by atoms with E-state index in [1.807, 2.05) is 54.6 Å². The fourth-order valence-electron chi connectivity index (χ4n) is 4.31. The molecule has 0 fully saturated rings. The van der Waals surface area contributed by atoms with Crippen LogP contribution in [0, 0.1) is 0 Å². The molecule has 2 N–H and O–H groups in total. The number of hydrogen-bond donors (Lipinski definition) is 2. The second kappa shape index (κ2) is 11.6. The van der Waals surface area contributed by atoms with Gasteiger partial charge in [-0.3, -0.25) is 4.79 Å². The molecule has 0 bridgehead atoms. The number of methoxy groups -OCH3 is 2. The molecule has 2 atom stereocenters. The molecule has 0 radical (unpaired) electrons. The Morgan fingerprint density at radius 3 is 2.47 bits per heavy atom. The van der Waals surface area contributed by atoms with E-state index in [0.29, 0.717) is 24.5 Å². The number of anilines is 1. The van der Waals surface area contributed by atoms with Crippen LogP contribution in [0.2, 0.25) is 0 Å². The molecule has 1 heterocycles. The minimum absolute atomic E-state index is 0.000336. The molecule has 3 aromatic rings. The fourth-order valence-corrected chi connectivity index (χ4v) is 4.31. The van der Waals surface area contributed by atoms with Gasteiger partial charge in [0.05, 0.1) is 26.9 Å².